The lowest BCUT2D eigenvalue weighted by molar-refractivity contribution is 0.215. The molecule has 116 valence electrons. The van der Waals surface area contributed by atoms with E-state index in [1.165, 1.54) is 49.2 Å². The van der Waals surface area contributed by atoms with Gasteiger partial charge < -0.3 is 5.32 Å². The van der Waals surface area contributed by atoms with E-state index in [1.54, 1.807) is 0 Å². The zero-order valence-corrected chi connectivity index (χ0v) is 13.2. The first-order chi connectivity index (χ1) is 10.1. The lowest BCUT2D eigenvalue weighted by atomic mass is 10.0. The van der Waals surface area contributed by atoms with Crippen LogP contribution in [0.5, 0.6) is 0 Å². The van der Waals surface area contributed by atoms with E-state index in [2.05, 4.69) is 30.1 Å². The third kappa shape index (κ3) is 5.98. The molecular formula is C18H27FN2. The molecule has 1 aromatic rings. The minimum absolute atomic E-state index is 0.157. The maximum absolute atomic E-state index is 12.8. The molecule has 1 saturated heterocycles. The maximum Gasteiger partial charge on any atom is 0.123 e. The summed E-state index contributed by atoms with van der Waals surface area (Å²) in [4.78, 5) is 2.52. The number of allylic oxidation sites excluding steroid dienone is 1. The molecule has 0 atom stereocenters. The summed E-state index contributed by atoms with van der Waals surface area (Å²) in [7, 11) is 0. The summed E-state index contributed by atoms with van der Waals surface area (Å²) >= 11 is 0. The first-order valence-electron chi connectivity index (χ1n) is 7.97. The maximum atomic E-state index is 12.8. The molecule has 2 rings (SSSR count). The summed E-state index contributed by atoms with van der Waals surface area (Å²) in [6, 6.07) is 7.46. The van der Waals surface area contributed by atoms with E-state index in [1.807, 2.05) is 12.1 Å². The molecule has 1 N–H and O–H groups in total. The molecule has 1 heterocycles. The second kappa shape index (κ2) is 8.30. The van der Waals surface area contributed by atoms with Gasteiger partial charge in [-0.15, -0.1) is 0 Å². The van der Waals surface area contributed by atoms with Crippen LogP contribution in [0.3, 0.4) is 0 Å². The molecule has 0 amide bonds. The van der Waals surface area contributed by atoms with E-state index in [0.717, 1.165) is 19.5 Å². The smallest absolute Gasteiger partial charge is 0.123 e. The molecule has 0 aliphatic carbocycles. The number of hydrogen-bond donors (Lipinski definition) is 1. The fourth-order valence-corrected chi connectivity index (χ4v) is 2.70. The van der Waals surface area contributed by atoms with Gasteiger partial charge in [0.15, 0.2) is 0 Å². The Morgan fingerprint density at radius 3 is 2.52 bits per heavy atom. The lowest BCUT2D eigenvalue weighted by Crippen LogP contribution is -2.43. The quantitative estimate of drug-likeness (QED) is 0.808. The molecule has 0 spiro atoms. The Balaban J connectivity index is 1.62. The van der Waals surface area contributed by atoms with Crippen LogP contribution in [0.1, 0.15) is 32.3 Å². The zero-order chi connectivity index (χ0) is 15.1. The molecule has 0 radical (unpaired) electrons. The van der Waals surface area contributed by atoms with Crippen LogP contribution in [0.2, 0.25) is 0 Å². The first kappa shape index (κ1) is 16.2. The van der Waals surface area contributed by atoms with Gasteiger partial charge in [0.1, 0.15) is 5.82 Å². The Labute approximate surface area is 128 Å². The van der Waals surface area contributed by atoms with Gasteiger partial charge in [0.05, 0.1) is 0 Å². The molecule has 1 aliphatic rings. The Morgan fingerprint density at radius 2 is 1.90 bits per heavy atom. The van der Waals surface area contributed by atoms with Crippen LogP contribution in [0.25, 0.3) is 0 Å². The molecule has 21 heavy (non-hydrogen) atoms. The summed E-state index contributed by atoms with van der Waals surface area (Å²) in [5, 5.41) is 3.63. The number of halogens is 1. The van der Waals surface area contributed by atoms with Crippen molar-refractivity contribution in [2.75, 3.05) is 26.2 Å². The average molecular weight is 290 g/mol. The highest BCUT2D eigenvalue weighted by Crippen LogP contribution is 2.11. The summed E-state index contributed by atoms with van der Waals surface area (Å²) in [6.45, 7) is 8.73. The molecule has 0 unspecified atom stereocenters. The van der Waals surface area contributed by atoms with Crippen molar-refractivity contribution in [1.29, 1.82) is 0 Å². The van der Waals surface area contributed by atoms with Gasteiger partial charge in [-0.1, -0.05) is 23.8 Å². The molecule has 2 nitrogen and oxygen atoms in total. The third-order valence-electron chi connectivity index (χ3n) is 4.11. The second-order valence-corrected chi connectivity index (χ2v) is 6.19. The summed E-state index contributed by atoms with van der Waals surface area (Å²) in [6.07, 6.45) is 5.72. The van der Waals surface area contributed by atoms with E-state index in [4.69, 9.17) is 0 Å². The monoisotopic (exact) mass is 290 g/mol. The van der Waals surface area contributed by atoms with Crippen molar-refractivity contribution in [2.45, 2.75) is 39.2 Å². The van der Waals surface area contributed by atoms with Crippen LogP contribution in [0.15, 0.2) is 35.9 Å². The highest BCUT2D eigenvalue weighted by Gasteiger charge is 2.17. The van der Waals surface area contributed by atoms with Crippen molar-refractivity contribution in [3.05, 3.63) is 47.3 Å². The molecule has 3 heteroatoms. The van der Waals surface area contributed by atoms with Crippen LogP contribution in [-0.4, -0.2) is 37.1 Å². The van der Waals surface area contributed by atoms with Gasteiger partial charge in [-0.2, -0.15) is 0 Å². The largest absolute Gasteiger partial charge is 0.314 e. The molecular weight excluding hydrogens is 263 g/mol. The second-order valence-electron chi connectivity index (χ2n) is 6.19. The molecule has 0 aromatic heterocycles. The normalized spacial score (nSPS) is 16.9. The molecule has 0 saturated carbocycles. The van der Waals surface area contributed by atoms with Crippen LogP contribution in [0.4, 0.5) is 4.39 Å². The van der Waals surface area contributed by atoms with Gasteiger partial charge in [-0.05, 0) is 70.4 Å². The van der Waals surface area contributed by atoms with Crippen molar-refractivity contribution < 1.29 is 4.39 Å². The van der Waals surface area contributed by atoms with E-state index in [9.17, 15) is 4.39 Å². The summed E-state index contributed by atoms with van der Waals surface area (Å²) in [5.74, 6) is -0.157. The topological polar surface area (TPSA) is 15.3 Å². The van der Waals surface area contributed by atoms with Gasteiger partial charge in [-0.25, -0.2) is 4.39 Å². The SMILES string of the molecule is CC(C)=CCN1CCC(NCCc2ccc(F)cc2)CC1. The van der Waals surface area contributed by atoms with Gasteiger partial charge in [-0.3, -0.25) is 4.90 Å². The fraction of sp³-hybridized carbons (Fsp3) is 0.556. The third-order valence-corrected chi connectivity index (χ3v) is 4.11. The van der Waals surface area contributed by atoms with Crippen LogP contribution >= 0.6 is 0 Å². The van der Waals surface area contributed by atoms with Crippen molar-refractivity contribution in [2.24, 2.45) is 0 Å². The van der Waals surface area contributed by atoms with Crippen molar-refractivity contribution in [1.82, 2.24) is 10.2 Å². The van der Waals surface area contributed by atoms with E-state index >= 15 is 0 Å². The standard InChI is InChI=1S/C18H27FN2/c1-15(2)8-12-21-13-9-18(10-14-21)20-11-7-16-3-5-17(19)6-4-16/h3-6,8,18,20H,7,9-14H2,1-2H3. The highest BCUT2D eigenvalue weighted by molar-refractivity contribution is 5.16. The van der Waals surface area contributed by atoms with Crippen molar-refractivity contribution >= 4 is 0 Å². The molecule has 1 fully saturated rings. The zero-order valence-electron chi connectivity index (χ0n) is 13.2. The average Bonchev–Trinajstić information content (AvgIpc) is 2.48. The van der Waals surface area contributed by atoms with Crippen LogP contribution in [-0.2, 0) is 6.42 Å². The van der Waals surface area contributed by atoms with E-state index in [0.29, 0.717) is 6.04 Å². The van der Waals surface area contributed by atoms with Crippen LogP contribution < -0.4 is 5.32 Å². The Bertz CT molecular complexity index is 441. The summed E-state index contributed by atoms with van der Waals surface area (Å²) in [5.41, 5.74) is 2.60. The van der Waals surface area contributed by atoms with E-state index < -0.39 is 0 Å². The lowest BCUT2D eigenvalue weighted by Gasteiger charge is -2.31. The number of benzene rings is 1. The number of likely N-dealkylation sites (tertiary alicyclic amines) is 1. The minimum atomic E-state index is -0.157. The Kier molecular flexibility index (Phi) is 6.40. The van der Waals surface area contributed by atoms with Gasteiger partial charge in [0.25, 0.3) is 0 Å². The number of nitrogens with zero attached hydrogens (tertiary/aromatic N) is 1. The molecule has 0 bridgehead atoms. The highest BCUT2D eigenvalue weighted by atomic mass is 19.1. The van der Waals surface area contributed by atoms with Crippen molar-refractivity contribution in [3.63, 3.8) is 0 Å². The van der Waals surface area contributed by atoms with Crippen molar-refractivity contribution in [3.8, 4) is 0 Å². The Morgan fingerprint density at radius 1 is 1.24 bits per heavy atom. The number of rotatable bonds is 6. The van der Waals surface area contributed by atoms with Gasteiger partial charge in [0.2, 0.25) is 0 Å². The predicted molar refractivity (Wildman–Crippen MR) is 87.0 cm³/mol. The number of hydrogen-bond acceptors (Lipinski definition) is 2. The molecule has 1 aliphatic heterocycles. The van der Waals surface area contributed by atoms with E-state index in [-0.39, 0.29) is 5.82 Å². The fourth-order valence-electron chi connectivity index (χ4n) is 2.70. The Hall–Kier alpha value is -1.19. The molecule has 1 aromatic carbocycles. The first-order valence-corrected chi connectivity index (χ1v) is 7.97. The summed E-state index contributed by atoms with van der Waals surface area (Å²) < 4.78 is 12.8. The number of piperidine rings is 1. The van der Waals surface area contributed by atoms with Crippen LogP contribution in [0, 0.1) is 5.82 Å². The predicted octanol–water partition coefficient (Wildman–Crippen LogP) is 3.39. The minimum Gasteiger partial charge on any atom is -0.314 e. The van der Waals surface area contributed by atoms with Gasteiger partial charge in [0, 0.05) is 12.6 Å². The van der Waals surface area contributed by atoms with Gasteiger partial charge >= 0.3 is 0 Å². The number of nitrogens with one attached hydrogen (secondary N) is 1.